The number of alkyl halides is 2. The Labute approximate surface area is 166 Å². The fourth-order valence-corrected chi connectivity index (χ4v) is 3.42. The molecule has 0 aliphatic rings. The lowest BCUT2D eigenvalue weighted by atomic mass is 9.77. The monoisotopic (exact) mass is 394 g/mol. The highest BCUT2D eigenvalue weighted by atomic mass is 19.3. The van der Waals surface area contributed by atoms with Gasteiger partial charge < -0.3 is 4.74 Å². The van der Waals surface area contributed by atoms with E-state index in [0.717, 1.165) is 17.5 Å². The summed E-state index contributed by atoms with van der Waals surface area (Å²) in [5.74, 6) is -0.794. The third kappa shape index (κ3) is 4.97. The molecule has 0 radical (unpaired) electrons. The van der Waals surface area contributed by atoms with Crippen LogP contribution in [0.4, 0.5) is 8.78 Å². The first kappa shape index (κ1) is 23.8. The molecular weight excluding hydrogens is 362 g/mol. The zero-order chi connectivity index (χ0) is 21.5. The highest BCUT2D eigenvalue weighted by Crippen LogP contribution is 2.41. The molecule has 1 heterocycles. The molecule has 0 N–H and O–H groups in total. The van der Waals surface area contributed by atoms with E-state index < -0.39 is 23.7 Å². The average Bonchev–Trinajstić information content (AvgIpc) is 3.05. The minimum Gasteiger partial charge on any atom is -0.450 e. The van der Waals surface area contributed by atoms with Gasteiger partial charge in [-0.2, -0.15) is 5.10 Å². The van der Waals surface area contributed by atoms with Gasteiger partial charge >= 0.3 is 5.97 Å². The maximum Gasteiger partial charge on any atom is 0.342 e. The third-order valence-corrected chi connectivity index (χ3v) is 4.71. The van der Waals surface area contributed by atoms with Crippen LogP contribution in [0.15, 0.2) is 30.5 Å². The van der Waals surface area contributed by atoms with Crippen molar-refractivity contribution < 1.29 is 18.3 Å². The van der Waals surface area contributed by atoms with Crippen molar-refractivity contribution in [3.63, 3.8) is 0 Å². The van der Waals surface area contributed by atoms with Gasteiger partial charge in [0, 0.05) is 13.2 Å². The van der Waals surface area contributed by atoms with Gasteiger partial charge in [0.2, 0.25) is 0 Å². The van der Waals surface area contributed by atoms with Crippen LogP contribution in [-0.4, -0.2) is 15.7 Å². The van der Waals surface area contributed by atoms with E-state index in [4.69, 9.17) is 4.74 Å². The molecule has 0 aliphatic heterocycles. The van der Waals surface area contributed by atoms with Crippen LogP contribution in [0.3, 0.4) is 0 Å². The molecule has 0 bridgehead atoms. The number of carbonyl (C=O) groups excluding carboxylic acids is 1. The molecule has 156 valence electrons. The molecule has 0 spiro atoms. The first-order valence-electron chi connectivity index (χ1n) is 9.84. The lowest BCUT2D eigenvalue weighted by Crippen LogP contribution is -2.38. The summed E-state index contributed by atoms with van der Waals surface area (Å²) >= 11 is 0. The number of benzene rings is 1. The topological polar surface area (TPSA) is 44.1 Å². The Morgan fingerprint density at radius 1 is 1.25 bits per heavy atom. The van der Waals surface area contributed by atoms with Crippen molar-refractivity contribution in [2.24, 2.45) is 13.0 Å². The molecule has 0 aliphatic carbocycles. The maximum atomic E-state index is 13.2. The summed E-state index contributed by atoms with van der Waals surface area (Å²) in [4.78, 5) is 12.9. The molecule has 28 heavy (non-hydrogen) atoms. The lowest BCUT2D eigenvalue weighted by Gasteiger charge is -2.38. The first-order chi connectivity index (χ1) is 13.2. The summed E-state index contributed by atoms with van der Waals surface area (Å²) < 4.78 is 33.7. The van der Waals surface area contributed by atoms with Crippen LogP contribution in [-0.2, 0) is 17.4 Å². The van der Waals surface area contributed by atoms with Crippen LogP contribution in [0, 0.1) is 12.8 Å². The first-order valence-corrected chi connectivity index (χ1v) is 9.84. The molecule has 6 heteroatoms. The summed E-state index contributed by atoms with van der Waals surface area (Å²) in [6.45, 7) is 11.9. The minimum atomic E-state index is -2.84. The van der Waals surface area contributed by atoms with Gasteiger partial charge in [0.25, 0.3) is 6.43 Å². The molecule has 0 saturated carbocycles. The van der Waals surface area contributed by atoms with Gasteiger partial charge in [-0.1, -0.05) is 65.3 Å². The zero-order valence-electron chi connectivity index (χ0n) is 17.9. The summed E-state index contributed by atoms with van der Waals surface area (Å²) in [7, 11) is 1.51. The molecule has 2 rings (SSSR count). The van der Waals surface area contributed by atoms with Crippen LogP contribution < -0.4 is 0 Å². The molecule has 0 saturated heterocycles. The second kappa shape index (κ2) is 10.3. The average molecular weight is 395 g/mol. The predicted molar refractivity (Wildman–Crippen MR) is 108 cm³/mol. The minimum absolute atomic E-state index is 0.0285. The second-order valence-electron chi connectivity index (χ2n) is 6.90. The largest absolute Gasteiger partial charge is 0.450 e. The van der Waals surface area contributed by atoms with Crippen LogP contribution in [0.1, 0.15) is 81.1 Å². The van der Waals surface area contributed by atoms with E-state index in [2.05, 4.69) is 5.10 Å². The highest BCUT2D eigenvalue weighted by molar-refractivity contribution is 5.91. The van der Waals surface area contributed by atoms with Gasteiger partial charge in [-0.3, -0.25) is 4.68 Å². The van der Waals surface area contributed by atoms with Crippen LogP contribution in [0.2, 0.25) is 0 Å². The van der Waals surface area contributed by atoms with E-state index in [1.807, 2.05) is 65.8 Å². The van der Waals surface area contributed by atoms with Crippen molar-refractivity contribution in [3.05, 3.63) is 52.8 Å². The number of nitrogens with zero attached hydrogens (tertiary/aromatic N) is 2. The fourth-order valence-electron chi connectivity index (χ4n) is 3.42. The van der Waals surface area contributed by atoms with E-state index in [9.17, 15) is 13.6 Å². The van der Waals surface area contributed by atoms with E-state index >= 15 is 0 Å². The number of ether oxygens (including phenoxy) is 1. The SMILES string of the molecule is CC.CCCC(OC(=O)c1cn(C)nc1C(F)F)(c1ccccc1C)C(C)C. The number of aryl methyl sites for hydroxylation is 2. The Morgan fingerprint density at radius 2 is 1.86 bits per heavy atom. The number of hydrogen-bond donors (Lipinski definition) is 0. The van der Waals surface area contributed by atoms with Crippen LogP contribution in [0.5, 0.6) is 0 Å². The number of esters is 1. The summed E-state index contributed by atoms with van der Waals surface area (Å²) in [6, 6.07) is 7.73. The summed E-state index contributed by atoms with van der Waals surface area (Å²) in [5, 5.41) is 3.71. The van der Waals surface area contributed by atoms with Gasteiger partial charge in [0.15, 0.2) is 0 Å². The lowest BCUT2D eigenvalue weighted by molar-refractivity contribution is -0.0546. The molecule has 4 nitrogen and oxygen atoms in total. The van der Waals surface area contributed by atoms with Gasteiger partial charge in [-0.15, -0.1) is 0 Å². The van der Waals surface area contributed by atoms with E-state index in [0.29, 0.717) is 6.42 Å². The Morgan fingerprint density at radius 3 is 2.36 bits per heavy atom. The molecule has 1 aromatic heterocycles. The van der Waals surface area contributed by atoms with Gasteiger partial charge in [0.05, 0.1) is 0 Å². The quantitative estimate of drug-likeness (QED) is 0.525. The normalized spacial score (nSPS) is 13.1. The zero-order valence-corrected chi connectivity index (χ0v) is 17.9. The third-order valence-electron chi connectivity index (χ3n) is 4.71. The van der Waals surface area contributed by atoms with E-state index in [1.165, 1.54) is 17.9 Å². The van der Waals surface area contributed by atoms with Crippen LogP contribution in [0.25, 0.3) is 0 Å². The maximum absolute atomic E-state index is 13.2. The number of hydrogen-bond acceptors (Lipinski definition) is 3. The number of carbonyl (C=O) groups is 1. The number of aromatic nitrogens is 2. The second-order valence-corrected chi connectivity index (χ2v) is 6.90. The van der Waals surface area contributed by atoms with Crippen molar-refractivity contribution in [2.45, 2.75) is 66.4 Å². The van der Waals surface area contributed by atoms with Gasteiger partial charge in [-0.25, -0.2) is 13.6 Å². The number of halogens is 2. The Hall–Kier alpha value is -2.24. The van der Waals surface area contributed by atoms with Crippen LogP contribution >= 0.6 is 0 Å². The Bertz CT molecular complexity index is 772. The van der Waals surface area contributed by atoms with Crippen molar-refractivity contribution in [1.82, 2.24) is 9.78 Å². The summed E-state index contributed by atoms with van der Waals surface area (Å²) in [5.41, 5.74) is 0.302. The molecule has 2 aromatic rings. The van der Waals surface area contributed by atoms with Crippen molar-refractivity contribution >= 4 is 5.97 Å². The smallest absolute Gasteiger partial charge is 0.342 e. The number of rotatable bonds is 7. The Kier molecular flexibility index (Phi) is 8.79. The van der Waals surface area contributed by atoms with Crippen molar-refractivity contribution in [3.8, 4) is 0 Å². The Balaban J connectivity index is 0.00000190. The molecule has 1 aromatic carbocycles. The van der Waals surface area contributed by atoms with Gasteiger partial charge in [-0.05, 0) is 30.4 Å². The predicted octanol–water partition coefficient (Wildman–Crippen LogP) is 6.20. The molecular formula is C22H32F2N2O2. The molecule has 1 unspecified atom stereocenters. The van der Waals surface area contributed by atoms with Crippen molar-refractivity contribution in [2.75, 3.05) is 0 Å². The van der Waals surface area contributed by atoms with Gasteiger partial charge in [0.1, 0.15) is 16.9 Å². The molecule has 0 fully saturated rings. The van der Waals surface area contributed by atoms with Crippen molar-refractivity contribution in [1.29, 1.82) is 0 Å². The van der Waals surface area contributed by atoms with E-state index in [-0.39, 0.29) is 11.5 Å². The fraction of sp³-hybridized carbons (Fsp3) is 0.545. The standard InChI is InChI=1S/C20H26F2N2O2.C2H6/c1-6-11-20(13(2)3,16-10-8-7-9-14(16)4)26-19(25)15-12-24(5)23-17(15)18(21)22;1-2/h7-10,12-13,18H,6,11H2,1-5H3;1-2H3. The molecule has 0 amide bonds. The highest BCUT2D eigenvalue weighted by Gasteiger charge is 2.41. The van der Waals surface area contributed by atoms with E-state index in [1.54, 1.807) is 0 Å². The summed E-state index contributed by atoms with van der Waals surface area (Å²) in [6.07, 6.45) is -0.157. The molecule has 1 atom stereocenters.